The van der Waals surface area contributed by atoms with Crippen molar-refractivity contribution in [2.24, 2.45) is 0 Å². The molecule has 0 aliphatic carbocycles. The van der Waals surface area contributed by atoms with Crippen LogP contribution in [0.1, 0.15) is 16.1 Å². The first kappa shape index (κ1) is 19.7. The molecule has 2 heterocycles. The van der Waals surface area contributed by atoms with Crippen LogP contribution in [-0.4, -0.2) is 25.1 Å². The fourth-order valence-corrected chi connectivity index (χ4v) is 3.87. The maximum absolute atomic E-state index is 12.6. The number of carbonyl (C=O) groups excluding carboxylic acids is 1. The fraction of sp³-hybridized carbons (Fsp3) is 0.136. The number of nitrogens with one attached hydrogen (secondary N) is 1. The van der Waals surface area contributed by atoms with E-state index in [0.717, 1.165) is 16.5 Å². The Bertz CT molecular complexity index is 1310. The van der Waals surface area contributed by atoms with E-state index in [9.17, 15) is 9.59 Å². The lowest BCUT2D eigenvalue weighted by atomic mass is 10.1. The van der Waals surface area contributed by atoms with Gasteiger partial charge in [0.05, 0.1) is 14.2 Å². The van der Waals surface area contributed by atoms with Crippen LogP contribution in [0.3, 0.4) is 0 Å². The van der Waals surface area contributed by atoms with Crippen molar-refractivity contribution >= 4 is 33.9 Å². The minimum atomic E-state index is -0.428. The van der Waals surface area contributed by atoms with Crippen LogP contribution in [0, 0.1) is 6.92 Å². The lowest BCUT2D eigenvalue weighted by Gasteiger charge is -2.08. The van der Waals surface area contributed by atoms with Crippen molar-refractivity contribution in [3.63, 3.8) is 0 Å². The molecule has 4 rings (SSSR count). The molecular weight excluding hydrogens is 404 g/mol. The van der Waals surface area contributed by atoms with Crippen LogP contribution in [0.15, 0.2) is 57.1 Å². The highest BCUT2D eigenvalue weighted by molar-refractivity contribution is 7.13. The zero-order valence-electron chi connectivity index (χ0n) is 16.5. The predicted octanol–water partition coefficient (Wildman–Crippen LogP) is 4.49. The minimum Gasteiger partial charge on any atom is -0.493 e. The highest BCUT2D eigenvalue weighted by atomic mass is 32.1. The number of nitrogens with zero attached hydrogens (tertiary/aromatic N) is 1. The normalized spacial score (nSPS) is 10.8. The number of ether oxygens (including phenoxy) is 2. The fourth-order valence-electron chi connectivity index (χ4n) is 3.08. The molecule has 4 aromatic rings. The molecule has 0 aliphatic rings. The largest absolute Gasteiger partial charge is 0.493 e. The quantitative estimate of drug-likeness (QED) is 0.477. The molecule has 1 amide bonds. The third kappa shape index (κ3) is 3.77. The highest BCUT2D eigenvalue weighted by Crippen LogP contribution is 2.33. The molecule has 0 saturated heterocycles. The van der Waals surface area contributed by atoms with Crippen LogP contribution in [0.25, 0.3) is 21.5 Å². The molecule has 30 heavy (non-hydrogen) atoms. The van der Waals surface area contributed by atoms with Gasteiger partial charge in [0, 0.05) is 34.1 Å². The van der Waals surface area contributed by atoms with Crippen LogP contribution in [0.5, 0.6) is 11.5 Å². The van der Waals surface area contributed by atoms with Gasteiger partial charge in [0.15, 0.2) is 11.5 Å². The predicted molar refractivity (Wildman–Crippen MR) is 116 cm³/mol. The maximum atomic E-state index is 12.6. The van der Waals surface area contributed by atoms with Crippen LogP contribution < -0.4 is 20.4 Å². The zero-order valence-corrected chi connectivity index (χ0v) is 17.3. The van der Waals surface area contributed by atoms with Crippen LogP contribution in [-0.2, 0) is 0 Å². The van der Waals surface area contributed by atoms with E-state index in [2.05, 4.69) is 10.3 Å². The number of rotatable bonds is 5. The lowest BCUT2D eigenvalue weighted by Crippen LogP contribution is -2.12. The van der Waals surface area contributed by atoms with Gasteiger partial charge >= 0.3 is 5.63 Å². The van der Waals surface area contributed by atoms with Gasteiger partial charge in [0.1, 0.15) is 16.3 Å². The van der Waals surface area contributed by atoms with Crippen molar-refractivity contribution in [3.8, 4) is 22.1 Å². The monoisotopic (exact) mass is 422 g/mol. The topological polar surface area (TPSA) is 90.7 Å². The number of thiazole rings is 1. The third-order valence-electron chi connectivity index (χ3n) is 4.58. The smallest absolute Gasteiger partial charge is 0.336 e. The summed E-state index contributed by atoms with van der Waals surface area (Å²) >= 11 is 1.35. The number of methoxy groups -OCH3 is 2. The number of anilines is 1. The molecule has 152 valence electrons. The summed E-state index contributed by atoms with van der Waals surface area (Å²) in [5, 5.41) is 5.98. The molecule has 1 N–H and O–H groups in total. The van der Waals surface area contributed by atoms with Crippen molar-refractivity contribution in [2.75, 3.05) is 19.5 Å². The second kappa shape index (κ2) is 8.00. The van der Waals surface area contributed by atoms with Gasteiger partial charge in [-0.3, -0.25) is 4.79 Å². The number of amides is 1. The molecule has 8 heteroatoms. The number of aryl methyl sites for hydroxylation is 1. The summed E-state index contributed by atoms with van der Waals surface area (Å²) in [6.07, 6.45) is 0. The number of aromatic nitrogens is 1. The molecule has 2 aromatic heterocycles. The molecule has 0 bridgehead atoms. The zero-order chi connectivity index (χ0) is 21.3. The lowest BCUT2D eigenvalue weighted by molar-refractivity contribution is 0.102. The van der Waals surface area contributed by atoms with E-state index in [1.807, 2.05) is 19.1 Å². The molecule has 0 atom stereocenters. The summed E-state index contributed by atoms with van der Waals surface area (Å²) in [5.74, 6) is 0.852. The van der Waals surface area contributed by atoms with Gasteiger partial charge in [-0.25, -0.2) is 9.78 Å². The van der Waals surface area contributed by atoms with Crippen LogP contribution >= 0.6 is 11.3 Å². The molecule has 0 unspecified atom stereocenters. The molecule has 0 spiro atoms. The van der Waals surface area contributed by atoms with Crippen molar-refractivity contribution < 1.29 is 18.7 Å². The number of hydrogen-bond donors (Lipinski definition) is 1. The second-order valence-electron chi connectivity index (χ2n) is 6.52. The van der Waals surface area contributed by atoms with Crippen LogP contribution in [0.4, 0.5) is 5.69 Å². The Labute approximate surface area is 175 Å². The van der Waals surface area contributed by atoms with Crippen LogP contribution in [0.2, 0.25) is 0 Å². The van der Waals surface area contributed by atoms with Crippen molar-refractivity contribution in [2.45, 2.75) is 6.92 Å². The molecule has 7 nitrogen and oxygen atoms in total. The van der Waals surface area contributed by atoms with Crippen molar-refractivity contribution in [3.05, 3.63) is 69.5 Å². The summed E-state index contributed by atoms with van der Waals surface area (Å²) in [4.78, 5) is 28.7. The first-order valence-electron chi connectivity index (χ1n) is 9.02. The Hall–Kier alpha value is -3.65. The van der Waals surface area contributed by atoms with E-state index in [4.69, 9.17) is 13.9 Å². The molecule has 0 saturated carbocycles. The Kier molecular flexibility index (Phi) is 5.24. The van der Waals surface area contributed by atoms with Gasteiger partial charge in [-0.2, -0.15) is 0 Å². The molecule has 0 aliphatic heterocycles. The Morgan fingerprint density at radius 3 is 2.63 bits per heavy atom. The summed E-state index contributed by atoms with van der Waals surface area (Å²) in [5.41, 5.74) is 2.43. The van der Waals surface area contributed by atoms with Gasteiger partial charge in [0.2, 0.25) is 0 Å². The Balaban J connectivity index is 1.57. The number of hydrogen-bond acceptors (Lipinski definition) is 7. The number of fused-ring (bicyclic) bond motifs is 1. The van der Waals surface area contributed by atoms with Gasteiger partial charge < -0.3 is 19.2 Å². The van der Waals surface area contributed by atoms with Gasteiger partial charge in [-0.15, -0.1) is 11.3 Å². The first-order chi connectivity index (χ1) is 14.5. The van der Waals surface area contributed by atoms with E-state index in [-0.39, 0.29) is 11.6 Å². The van der Waals surface area contributed by atoms with Gasteiger partial charge in [0.25, 0.3) is 5.91 Å². The third-order valence-corrected chi connectivity index (χ3v) is 5.47. The maximum Gasteiger partial charge on any atom is 0.336 e. The minimum absolute atomic E-state index is 0.288. The summed E-state index contributed by atoms with van der Waals surface area (Å²) in [6.45, 7) is 1.84. The van der Waals surface area contributed by atoms with E-state index >= 15 is 0 Å². The average molecular weight is 422 g/mol. The summed E-state index contributed by atoms with van der Waals surface area (Å²) < 4.78 is 15.8. The molecular formula is C22H18N2O5S. The summed E-state index contributed by atoms with van der Waals surface area (Å²) in [6, 6.07) is 12.1. The van der Waals surface area contributed by atoms with E-state index in [1.54, 1.807) is 43.9 Å². The molecule has 0 radical (unpaired) electrons. The van der Waals surface area contributed by atoms with E-state index in [0.29, 0.717) is 27.8 Å². The Morgan fingerprint density at radius 1 is 1.07 bits per heavy atom. The van der Waals surface area contributed by atoms with E-state index < -0.39 is 5.63 Å². The number of carbonyl (C=O) groups is 1. The van der Waals surface area contributed by atoms with E-state index in [1.165, 1.54) is 17.4 Å². The molecule has 2 aromatic carbocycles. The highest BCUT2D eigenvalue weighted by Gasteiger charge is 2.14. The Morgan fingerprint density at radius 2 is 1.87 bits per heavy atom. The van der Waals surface area contributed by atoms with Crippen molar-refractivity contribution in [1.29, 1.82) is 0 Å². The SMILES string of the molecule is COc1ccc(-c2nc(C(=O)Nc3ccc4c(C)cc(=O)oc4c3)cs2)cc1OC. The second-order valence-corrected chi connectivity index (χ2v) is 7.38. The van der Waals surface area contributed by atoms with Crippen molar-refractivity contribution in [1.82, 2.24) is 4.98 Å². The molecule has 0 fully saturated rings. The first-order valence-corrected chi connectivity index (χ1v) is 9.90. The standard InChI is InChI=1S/C22H18N2O5S/c1-12-8-20(25)29-18-10-14(5-6-15(12)18)23-21(26)16-11-30-22(24-16)13-4-7-17(27-2)19(9-13)28-3/h4-11H,1-3H3,(H,23,26). The summed E-state index contributed by atoms with van der Waals surface area (Å²) in [7, 11) is 3.14. The average Bonchev–Trinajstić information content (AvgIpc) is 3.23. The van der Waals surface area contributed by atoms with Gasteiger partial charge in [-0.05, 0) is 42.8 Å². The van der Waals surface area contributed by atoms with Gasteiger partial charge in [-0.1, -0.05) is 0 Å². The number of benzene rings is 2.